The van der Waals surface area contributed by atoms with Crippen molar-refractivity contribution >= 4 is 11.8 Å². The van der Waals surface area contributed by atoms with Crippen molar-refractivity contribution in [2.45, 2.75) is 12.8 Å². The standard InChI is InChI=1S/C15H18N4O2/c1-2-9-19-10-6-12(7-11-19)14(20)17-18-15(21)13-5-3-4-8-16-13/h1,3-5,8,12H,6-7,9-11H2,(H,17,20)(H,18,21). The van der Waals surface area contributed by atoms with Crippen LogP contribution in [0, 0.1) is 18.3 Å². The third-order valence-corrected chi connectivity index (χ3v) is 3.47. The summed E-state index contributed by atoms with van der Waals surface area (Å²) in [7, 11) is 0. The SMILES string of the molecule is C#CCN1CCC(C(=O)NNC(=O)c2ccccn2)CC1. The molecule has 0 atom stereocenters. The van der Waals surface area contributed by atoms with Crippen molar-refractivity contribution in [2.24, 2.45) is 5.92 Å². The number of likely N-dealkylation sites (tertiary alicyclic amines) is 1. The van der Waals surface area contributed by atoms with E-state index in [0.717, 1.165) is 25.9 Å². The Bertz CT molecular complexity index is 530. The average molecular weight is 286 g/mol. The first-order chi connectivity index (χ1) is 10.2. The lowest BCUT2D eigenvalue weighted by Gasteiger charge is -2.29. The lowest BCUT2D eigenvalue weighted by atomic mass is 9.96. The normalized spacial score (nSPS) is 16.0. The predicted octanol–water partition coefficient (Wildman–Crippen LogP) is 0.188. The topological polar surface area (TPSA) is 74.3 Å². The van der Waals surface area contributed by atoms with E-state index in [2.05, 4.69) is 26.7 Å². The van der Waals surface area contributed by atoms with Gasteiger partial charge in [0.25, 0.3) is 5.91 Å². The van der Waals surface area contributed by atoms with Gasteiger partial charge < -0.3 is 0 Å². The van der Waals surface area contributed by atoms with Gasteiger partial charge in [-0.1, -0.05) is 12.0 Å². The first kappa shape index (κ1) is 15.0. The summed E-state index contributed by atoms with van der Waals surface area (Å²) < 4.78 is 0. The lowest BCUT2D eigenvalue weighted by molar-refractivity contribution is -0.127. The number of hydrogen-bond donors (Lipinski definition) is 2. The second-order valence-corrected chi connectivity index (χ2v) is 4.91. The summed E-state index contributed by atoms with van der Waals surface area (Å²) in [6.45, 7) is 2.22. The molecule has 0 spiro atoms. The van der Waals surface area contributed by atoms with Gasteiger partial charge in [0.2, 0.25) is 5.91 Å². The third-order valence-electron chi connectivity index (χ3n) is 3.47. The molecule has 0 bridgehead atoms. The first-order valence-corrected chi connectivity index (χ1v) is 6.87. The molecule has 0 saturated carbocycles. The number of carbonyl (C=O) groups excluding carboxylic acids is 2. The maximum absolute atomic E-state index is 12.0. The molecule has 1 aliphatic heterocycles. The number of hydrazine groups is 1. The number of hydrogen-bond acceptors (Lipinski definition) is 4. The van der Waals surface area contributed by atoms with Gasteiger partial charge in [0.15, 0.2) is 0 Å². The van der Waals surface area contributed by atoms with Gasteiger partial charge in [0.1, 0.15) is 5.69 Å². The zero-order valence-electron chi connectivity index (χ0n) is 11.7. The van der Waals surface area contributed by atoms with E-state index in [4.69, 9.17) is 6.42 Å². The monoisotopic (exact) mass is 286 g/mol. The maximum atomic E-state index is 12.0. The van der Waals surface area contributed by atoms with E-state index in [1.807, 2.05) is 0 Å². The fraction of sp³-hybridized carbons (Fsp3) is 0.400. The number of aromatic nitrogens is 1. The molecule has 1 aromatic heterocycles. The van der Waals surface area contributed by atoms with Crippen LogP contribution in [0.2, 0.25) is 0 Å². The molecule has 1 saturated heterocycles. The number of amides is 2. The van der Waals surface area contributed by atoms with Crippen LogP contribution in [0.4, 0.5) is 0 Å². The number of rotatable bonds is 3. The van der Waals surface area contributed by atoms with Crippen LogP contribution in [0.1, 0.15) is 23.3 Å². The quantitative estimate of drug-likeness (QED) is 0.614. The van der Waals surface area contributed by atoms with Crippen LogP contribution in [0.5, 0.6) is 0 Å². The molecule has 1 aromatic rings. The van der Waals surface area contributed by atoms with Crippen LogP contribution < -0.4 is 10.9 Å². The van der Waals surface area contributed by atoms with Crippen LogP contribution in [-0.2, 0) is 4.79 Å². The molecule has 2 N–H and O–H groups in total. The summed E-state index contributed by atoms with van der Waals surface area (Å²) in [4.78, 5) is 29.8. The van der Waals surface area contributed by atoms with Crippen molar-refractivity contribution in [3.63, 3.8) is 0 Å². The largest absolute Gasteiger partial charge is 0.292 e. The van der Waals surface area contributed by atoms with Crippen LogP contribution in [0.15, 0.2) is 24.4 Å². The number of nitrogens with zero attached hydrogens (tertiary/aromatic N) is 2. The maximum Gasteiger partial charge on any atom is 0.288 e. The second-order valence-electron chi connectivity index (χ2n) is 4.91. The van der Waals surface area contributed by atoms with Gasteiger partial charge in [-0.25, -0.2) is 0 Å². The Morgan fingerprint density at radius 2 is 2.10 bits per heavy atom. The van der Waals surface area contributed by atoms with Gasteiger partial charge in [-0.15, -0.1) is 6.42 Å². The molecule has 0 aromatic carbocycles. The van der Waals surface area contributed by atoms with E-state index in [-0.39, 0.29) is 17.5 Å². The molecule has 2 heterocycles. The van der Waals surface area contributed by atoms with Gasteiger partial charge >= 0.3 is 0 Å². The highest BCUT2D eigenvalue weighted by atomic mass is 16.2. The predicted molar refractivity (Wildman–Crippen MR) is 77.8 cm³/mol. The molecule has 1 aliphatic rings. The van der Waals surface area contributed by atoms with Gasteiger partial charge in [-0.2, -0.15) is 0 Å². The van der Waals surface area contributed by atoms with E-state index in [1.54, 1.807) is 18.2 Å². The molecule has 0 radical (unpaired) electrons. The van der Waals surface area contributed by atoms with Crippen molar-refractivity contribution in [1.29, 1.82) is 0 Å². The summed E-state index contributed by atoms with van der Waals surface area (Å²) in [5, 5.41) is 0. The van der Waals surface area contributed by atoms with Crippen molar-refractivity contribution in [3.05, 3.63) is 30.1 Å². The molecule has 1 fully saturated rings. The highest BCUT2D eigenvalue weighted by Gasteiger charge is 2.24. The number of terminal acetylenes is 1. The fourth-order valence-corrected chi connectivity index (χ4v) is 2.26. The highest BCUT2D eigenvalue weighted by molar-refractivity contribution is 5.93. The van der Waals surface area contributed by atoms with Gasteiger partial charge in [0, 0.05) is 12.1 Å². The lowest BCUT2D eigenvalue weighted by Crippen LogP contribution is -2.47. The molecule has 2 rings (SSSR count). The molecular formula is C15H18N4O2. The summed E-state index contributed by atoms with van der Waals surface area (Å²) in [5.41, 5.74) is 5.11. The summed E-state index contributed by atoms with van der Waals surface area (Å²) in [6.07, 6.45) is 8.28. The Morgan fingerprint density at radius 1 is 1.33 bits per heavy atom. The van der Waals surface area contributed by atoms with E-state index < -0.39 is 5.91 Å². The van der Waals surface area contributed by atoms with E-state index in [9.17, 15) is 9.59 Å². The molecule has 0 unspecified atom stereocenters. The van der Waals surface area contributed by atoms with Crippen molar-refractivity contribution in [3.8, 4) is 12.3 Å². The Labute approximate surface area is 123 Å². The summed E-state index contributed by atoms with van der Waals surface area (Å²) >= 11 is 0. The number of carbonyl (C=O) groups is 2. The molecule has 0 aliphatic carbocycles. The van der Waals surface area contributed by atoms with Crippen molar-refractivity contribution in [2.75, 3.05) is 19.6 Å². The van der Waals surface area contributed by atoms with Crippen LogP contribution in [0.3, 0.4) is 0 Å². The van der Waals surface area contributed by atoms with E-state index >= 15 is 0 Å². The summed E-state index contributed by atoms with van der Waals surface area (Å²) in [6, 6.07) is 5.02. The number of pyridine rings is 1. The fourth-order valence-electron chi connectivity index (χ4n) is 2.26. The van der Waals surface area contributed by atoms with Gasteiger partial charge in [-0.05, 0) is 38.1 Å². The molecule has 110 valence electrons. The Balaban J connectivity index is 1.76. The van der Waals surface area contributed by atoms with Crippen LogP contribution in [-0.4, -0.2) is 41.3 Å². The molecule has 2 amide bonds. The Hall–Kier alpha value is -2.39. The minimum Gasteiger partial charge on any atom is -0.292 e. The second kappa shape index (κ2) is 7.41. The summed E-state index contributed by atoms with van der Waals surface area (Å²) in [5.74, 6) is 1.92. The minimum atomic E-state index is -0.422. The smallest absolute Gasteiger partial charge is 0.288 e. The highest BCUT2D eigenvalue weighted by Crippen LogP contribution is 2.16. The Kier molecular flexibility index (Phi) is 5.29. The first-order valence-electron chi connectivity index (χ1n) is 6.87. The number of nitrogens with one attached hydrogen (secondary N) is 2. The minimum absolute atomic E-state index is 0.0944. The zero-order chi connectivity index (χ0) is 15.1. The van der Waals surface area contributed by atoms with Gasteiger partial charge in [0.05, 0.1) is 6.54 Å². The van der Waals surface area contributed by atoms with Crippen molar-refractivity contribution in [1.82, 2.24) is 20.7 Å². The van der Waals surface area contributed by atoms with Crippen LogP contribution >= 0.6 is 0 Å². The molecule has 21 heavy (non-hydrogen) atoms. The van der Waals surface area contributed by atoms with Crippen molar-refractivity contribution < 1.29 is 9.59 Å². The van der Waals surface area contributed by atoms with Crippen LogP contribution in [0.25, 0.3) is 0 Å². The molecule has 6 nitrogen and oxygen atoms in total. The Morgan fingerprint density at radius 3 is 2.71 bits per heavy atom. The zero-order valence-corrected chi connectivity index (χ0v) is 11.7. The molecular weight excluding hydrogens is 268 g/mol. The third kappa shape index (κ3) is 4.29. The van der Waals surface area contributed by atoms with E-state index in [1.165, 1.54) is 6.20 Å². The van der Waals surface area contributed by atoms with Gasteiger partial charge in [-0.3, -0.25) is 30.3 Å². The molecule has 6 heteroatoms. The average Bonchev–Trinajstić information content (AvgIpc) is 2.54. The number of piperidine rings is 1. The van der Waals surface area contributed by atoms with E-state index in [0.29, 0.717) is 6.54 Å².